The van der Waals surface area contributed by atoms with Crippen LogP contribution in [0.25, 0.3) is 0 Å². The van der Waals surface area contributed by atoms with E-state index < -0.39 is 0 Å². The van der Waals surface area contributed by atoms with E-state index in [1.807, 2.05) is 0 Å². The van der Waals surface area contributed by atoms with Crippen molar-refractivity contribution in [1.29, 1.82) is 0 Å². The third-order valence-electron chi connectivity index (χ3n) is 9.09. The second-order valence-corrected chi connectivity index (χ2v) is 10.7. The van der Waals surface area contributed by atoms with Crippen molar-refractivity contribution in [3.8, 4) is 5.75 Å². The van der Waals surface area contributed by atoms with Crippen LogP contribution >= 0.6 is 0 Å². The first-order chi connectivity index (χ1) is 16.6. The maximum atomic E-state index is 14.4. The standard InChI is InChI=1S/C30H40N2O2/c1-4-22(5-2)27-18-24(23-11-7-6-8-12-23)14-16-32(27)29(33)26-19-31-20-30(26)15-17-34-28-21(3)10-9-13-25(28)30/h6-13,22,24,26-27,31H,4-5,14-20H2,1-3H3/t24-,26+,27+,30+/m1/s1. The van der Waals surface area contributed by atoms with Crippen LogP contribution in [0, 0.1) is 18.8 Å². The number of benzene rings is 2. The van der Waals surface area contributed by atoms with Crippen molar-refractivity contribution < 1.29 is 9.53 Å². The van der Waals surface area contributed by atoms with E-state index in [9.17, 15) is 4.79 Å². The Hall–Kier alpha value is -2.33. The van der Waals surface area contributed by atoms with Crippen LogP contribution in [0.15, 0.2) is 48.5 Å². The van der Waals surface area contributed by atoms with Crippen LogP contribution < -0.4 is 10.1 Å². The Bertz CT molecular complexity index is 1000. The molecule has 0 saturated carbocycles. The van der Waals surface area contributed by atoms with Gasteiger partial charge in [-0.05, 0) is 49.1 Å². The molecule has 2 aromatic carbocycles. The number of carbonyl (C=O) groups excluding carboxylic acids is 1. The summed E-state index contributed by atoms with van der Waals surface area (Å²) in [5, 5.41) is 3.62. The van der Waals surface area contributed by atoms with Crippen molar-refractivity contribution in [1.82, 2.24) is 10.2 Å². The molecule has 1 spiro atoms. The van der Waals surface area contributed by atoms with E-state index >= 15 is 0 Å². The minimum atomic E-state index is -0.161. The van der Waals surface area contributed by atoms with Gasteiger partial charge in [0.25, 0.3) is 0 Å². The van der Waals surface area contributed by atoms with Gasteiger partial charge in [0.1, 0.15) is 5.75 Å². The fourth-order valence-electron chi connectivity index (χ4n) is 7.11. The number of amides is 1. The molecule has 34 heavy (non-hydrogen) atoms. The van der Waals surface area contributed by atoms with Crippen LogP contribution in [0.3, 0.4) is 0 Å². The van der Waals surface area contributed by atoms with E-state index in [0.717, 1.165) is 57.5 Å². The number of para-hydroxylation sites is 1. The Balaban J connectivity index is 1.46. The highest BCUT2D eigenvalue weighted by molar-refractivity contribution is 5.82. The van der Waals surface area contributed by atoms with Crippen molar-refractivity contribution in [2.24, 2.45) is 11.8 Å². The van der Waals surface area contributed by atoms with Gasteiger partial charge >= 0.3 is 0 Å². The summed E-state index contributed by atoms with van der Waals surface area (Å²) in [6.07, 6.45) is 5.28. The molecule has 4 nitrogen and oxygen atoms in total. The zero-order valence-electron chi connectivity index (χ0n) is 21.1. The molecule has 4 atom stereocenters. The highest BCUT2D eigenvalue weighted by Crippen LogP contribution is 2.48. The van der Waals surface area contributed by atoms with Gasteiger partial charge in [-0.1, -0.05) is 75.2 Å². The van der Waals surface area contributed by atoms with Crippen molar-refractivity contribution in [3.05, 3.63) is 65.2 Å². The molecule has 182 valence electrons. The highest BCUT2D eigenvalue weighted by atomic mass is 16.5. The number of likely N-dealkylation sites (tertiary alicyclic amines) is 1. The van der Waals surface area contributed by atoms with Gasteiger partial charge < -0.3 is 15.0 Å². The largest absolute Gasteiger partial charge is 0.493 e. The number of piperidine rings is 1. The molecule has 5 rings (SSSR count). The molecule has 3 aliphatic heterocycles. The smallest absolute Gasteiger partial charge is 0.228 e. The summed E-state index contributed by atoms with van der Waals surface area (Å²) in [5.74, 6) is 2.43. The monoisotopic (exact) mass is 460 g/mol. The Kier molecular flexibility index (Phi) is 6.70. The third-order valence-corrected chi connectivity index (χ3v) is 9.09. The molecule has 4 heteroatoms. The van der Waals surface area contributed by atoms with Crippen molar-refractivity contribution in [2.45, 2.75) is 70.3 Å². The molecular formula is C30H40N2O2. The van der Waals surface area contributed by atoms with Gasteiger partial charge in [0.2, 0.25) is 5.91 Å². The van der Waals surface area contributed by atoms with Gasteiger partial charge in [-0.15, -0.1) is 0 Å². The molecule has 0 unspecified atom stereocenters. The maximum Gasteiger partial charge on any atom is 0.228 e. The number of hydrogen-bond acceptors (Lipinski definition) is 3. The molecule has 0 aliphatic carbocycles. The number of fused-ring (bicyclic) bond motifs is 2. The molecule has 1 amide bonds. The quantitative estimate of drug-likeness (QED) is 0.645. The topological polar surface area (TPSA) is 41.6 Å². The summed E-state index contributed by atoms with van der Waals surface area (Å²) in [5.41, 5.74) is 3.68. The van der Waals surface area contributed by atoms with Gasteiger partial charge in [0, 0.05) is 36.7 Å². The first-order valence-corrected chi connectivity index (χ1v) is 13.4. The number of rotatable bonds is 5. The number of nitrogens with zero attached hydrogens (tertiary/aromatic N) is 1. The van der Waals surface area contributed by atoms with E-state index in [-0.39, 0.29) is 11.3 Å². The van der Waals surface area contributed by atoms with Crippen LogP contribution in [-0.4, -0.2) is 43.1 Å². The first kappa shape index (κ1) is 23.4. The maximum absolute atomic E-state index is 14.4. The van der Waals surface area contributed by atoms with E-state index in [0.29, 0.717) is 30.4 Å². The fourth-order valence-corrected chi connectivity index (χ4v) is 7.11. The van der Waals surface area contributed by atoms with E-state index in [4.69, 9.17) is 4.74 Å². The molecule has 1 N–H and O–H groups in total. The summed E-state index contributed by atoms with van der Waals surface area (Å²) >= 11 is 0. The lowest BCUT2D eigenvalue weighted by Crippen LogP contribution is -2.55. The lowest BCUT2D eigenvalue weighted by Gasteiger charge is -2.47. The van der Waals surface area contributed by atoms with Gasteiger partial charge in [-0.3, -0.25) is 4.79 Å². The summed E-state index contributed by atoms with van der Waals surface area (Å²) in [6, 6.07) is 17.7. The predicted octanol–water partition coefficient (Wildman–Crippen LogP) is 5.45. The summed E-state index contributed by atoms with van der Waals surface area (Å²) in [7, 11) is 0. The van der Waals surface area contributed by atoms with Gasteiger partial charge in [-0.2, -0.15) is 0 Å². The van der Waals surface area contributed by atoms with Crippen LogP contribution in [0.5, 0.6) is 5.75 Å². The number of nitrogens with one attached hydrogen (secondary N) is 1. The predicted molar refractivity (Wildman–Crippen MR) is 137 cm³/mol. The third kappa shape index (κ3) is 3.94. The zero-order valence-corrected chi connectivity index (χ0v) is 21.1. The second-order valence-electron chi connectivity index (χ2n) is 10.7. The van der Waals surface area contributed by atoms with Crippen molar-refractivity contribution in [2.75, 3.05) is 26.2 Å². The van der Waals surface area contributed by atoms with Gasteiger partial charge in [0.05, 0.1) is 12.5 Å². The molecule has 0 aromatic heterocycles. The molecule has 3 heterocycles. The lowest BCUT2D eigenvalue weighted by atomic mass is 9.67. The van der Waals surface area contributed by atoms with E-state index in [1.54, 1.807) is 0 Å². The minimum absolute atomic E-state index is 0.0258. The lowest BCUT2D eigenvalue weighted by molar-refractivity contribution is -0.142. The Morgan fingerprint density at radius 2 is 1.94 bits per heavy atom. The number of aryl methyl sites for hydroxylation is 1. The van der Waals surface area contributed by atoms with Crippen LogP contribution in [-0.2, 0) is 10.2 Å². The first-order valence-electron chi connectivity index (χ1n) is 13.4. The Labute approximate surface area is 205 Å². The van der Waals surface area contributed by atoms with E-state index in [1.165, 1.54) is 16.7 Å². The highest BCUT2D eigenvalue weighted by Gasteiger charge is 2.53. The van der Waals surface area contributed by atoms with Crippen molar-refractivity contribution in [3.63, 3.8) is 0 Å². The molecular weight excluding hydrogens is 420 g/mol. The number of hydrogen-bond donors (Lipinski definition) is 1. The van der Waals surface area contributed by atoms with Crippen LogP contribution in [0.2, 0.25) is 0 Å². The number of carbonyl (C=O) groups is 1. The molecule has 3 aliphatic rings. The minimum Gasteiger partial charge on any atom is -0.493 e. The SMILES string of the molecule is CCC(CC)[C@@H]1C[C@H](c2ccccc2)CCN1C(=O)[C@@H]1CNC[C@]12CCOc1c(C)cccc12. The summed E-state index contributed by atoms with van der Waals surface area (Å²) in [6.45, 7) is 9.88. The molecule has 0 radical (unpaired) electrons. The fraction of sp³-hybridized carbons (Fsp3) is 0.567. The molecule has 2 saturated heterocycles. The van der Waals surface area contributed by atoms with Crippen LogP contribution in [0.1, 0.15) is 68.6 Å². The summed E-state index contributed by atoms with van der Waals surface area (Å²) < 4.78 is 6.12. The van der Waals surface area contributed by atoms with E-state index in [2.05, 4.69) is 79.5 Å². The Morgan fingerprint density at radius 1 is 1.15 bits per heavy atom. The Morgan fingerprint density at radius 3 is 2.71 bits per heavy atom. The van der Waals surface area contributed by atoms with Gasteiger partial charge in [-0.25, -0.2) is 0 Å². The average molecular weight is 461 g/mol. The summed E-state index contributed by atoms with van der Waals surface area (Å²) in [4.78, 5) is 16.7. The average Bonchev–Trinajstić information content (AvgIpc) is 3.29. The zero-order chi connectivity index (χ0) is 23.7. The normalized spacial score (nSPS) is 28.7. The molecule has 2 fully saturated rings. The second kappa shape index (κ2) is 9.73. The van der Waals surface area contributed by atoms with Crippen LogP contribution in [0.4, 0.5) is 0 Å². The molecule has 2 aromatic rings. The van der Waals surface area contributed by atoms with Gasteiger partial charge in [0.15, 0.2) is 0 Å². The van der Waals surface area contributed by atoms with Crippen molar-refractivity contribution >= 4 is 5.91 Å². The molecule has 0 bridgehead atoms. The number of ether oxygens (including phenoxy) is 1.